The summed E-state index contributed by atoms with van der Waals surface area (Å²) in [7, 11) is 0. The summed E-state index contributed by atoms with van der Waals surface area (Å²) in [5, 5.41) is 12.0. The summed E-state index contributed by atoms with van der Waals surface area (Å²) < 4.78 is 16.8. The first kappa shape index (κ1) is 23.1. The molecule has 0 heterocycles. The van der Waals surface area contributed by atoms with Crippen molar-refractivity contribution < 1.29 is 24.1 Å². The highest BCUT2D eigenvalue weighted by molar-refractivity contribution is 5.67. The smallest absolute Gasteiger partial charge is 0.407 e. The van der Waals surface area contributed by atoms with Crippen molar-refractivity contribution in [2.75, 3.05) is 19.8 Å². The van der Waals surface area contributed by atoms with Gasteiger partial charge in [-0.1, -0.05) is 13.3 Å². The Balaban J connectivity index is 2.64. The first-order valence-electron chi connectivity index (χ1n) is 9.75. The molecular formula is C21H35NO5. The molecule has 0 aliphatic rings. The number of aryl methyl sites for hydroxylation is 1. The maximum absolute atomic E-state index is 11.7. The number of nitrogens with one attached hydrogen (secondary N) is 1. The fourth-order valence-electron chi connectivity index (χ4n) is 2.33. The molecule has 1 aromatic carbocycles. The first-order valence-corrected chi connectivity index (χ1v) is 9.75. The number of aliphatic hydroxyl groups is 1. The number of carbonyl (C=O) groups is 1. The minimum Gasteiger partial charge on any atom is -0.494 e. The Hall–Kier alpha value is -1.95. The number of benzene rings is 1. The minimum atomic E-state index is -0.504. The molecule has 27 heavy (non-hydrogen) atoms. The van der Waals surface area contributed by atoms with E-state index in [2.05, 4.69) is 12.2 Å². The van der Waals surface area contributed by atoms with Crippen molar-refractivity contribution >= 4 is 6.09 Å². The molecule has 0 spiro atoms. The summed E-state index contributed by atoms with van der Waals surface area (Å²) in [5.41, 5.74) is 0.491. The Bertz CT molecular complexity index is 568. The predicted molar refractivity (Wildman–Crippen MR) is 107 cm³/mol. The maximum atomic E-state index is 11.7. The number of rotatable bonds is 11. The molecule has 1 amide bonds. The molecule has 1 aromatic rings. The second kappa shape index (κ2) is 11.7. The van der Waals surface area contributed by atoms with Crippen LogP contribution < -0.4 is 14.8 Å². The van der Waals surface area contributed by atoms with Crippen LogP contribution in [0.5, 0.6) is 11.5 Å². The van der Waals surface area contributed by atoms with Crippen LogP contribution in [-0.2, 0) is 11.2 Å². The van der Waals surface area contributed by atoms with Crippen molar-refractivity contribution in [1.29, 1.82) is 0 Å². The van der Waals surface area contributed by atoms with Gasteiger partial charge in [-0.05, 0) is 70.7 Å². The SMILES string of the molecule is CCCCOc1ccc(O[C@H](C)CO)c(CCCNC(=O)OC(C)(C)C)c1. The van der Waals surface area contributed by atoms with Crippen LogP contribution in [0.3, 0.4) is 0 Å². The second-order valence-electron chi connectivity index (χ2n) is 7.61. The van der Waals surface area contributed by atoms with E-state index in [9.17, 15) is 9.90 Å². The molecule has 0 aliphatic heterocycles. The molecule has 1 rings (SSSR count). The number of unbranched alkanes of at least 4 members (excludes halogenated alkanes) is 1. The Morgan fingerprint density at radius 1 is 1.26 bits per heavy atom. The van der Waals surface area contributed by atoms with Gasteiger partial charge in [0, 0.05) is 6.54 Å². The van der Waals surface area contributed by atoms with Gasteiger partial charge < -0.3 is 24.6 Å². The van der Waals surface area contributed by atoms with Crippen LogP contribution in [0.1, 0.15) is 59.4 Å². The van der Waals surface area contributed by atoms with Crippen LogP contribution in [0, 0.1) is 0 Å². The van der Waals surface area contributed by atoms with E-state index in [-0.39, 0.29) is 12.7 Å². The van der Waals surface area contributed by atoms with Crippen molar-refractivity contribution in [3.63, 3.8) is 0 Å². The van der Waals surface area contributed by atoms with E-state index in [1.807, 2.05) is 45.9 Å². The van der Waals surface area contributed by atoms with E-state index >= 15 is 0 Å². The molecule has 154 valence electrons. The molecule has 1 atom stereocenters. The monoisotopic (exact) mass is 381 g/mol. The van der Waals surface area contributed by atoms with E-state index in [1.54, 1.807) is 0 Å². The number of aliphatic hydroxyl groups excluding tert-OH is 1. The van der Waals surface area contributed by atoms with Crippen molar-refractivity contribution in [1.82, 2.24) is 5.32 Å². The lowest BCUT2D eigenvalue weighted by molar-refractivity contribution is 0.0527. The van der Waals surface area contributed by atoms with Gasteiger partial charge in [0.1, 0.15) is 23.2 Å². The van der Waals surface area contributed by atoms with Crippen LogP contribution >= 0.6 is 0 Å². The molecule has 0 aliphatic carbocycles. The molecule has 6 heteroatoms. The number of carbonyl (C=O) groups excluding carboxylic acids is 1. The van der Waals surface area contributed by atoms with E-state index in [0.717, 1.165) is 36.3 Å². The number of amides is 1. The van der Waals surface area contributed by atoms with E-state index in [4.69, 9.17) is 14.2 Å². The van der Waals surface area contributed by atoms with Gasteiger partial charge >= 0.3 is 6.09 Å². The summed E-state index contributed by atoms with van der Waals surface area (Å²) >= 11 is 0. The topological polar surface area (TPSA) is 77.0 Å². The van der Waals surface area contributed by atoms with Crippen molar-refractivity contribution in [3.05, 3.63) is 23.8 Å². The Kier molecular flexibility index (Phi) is 10.0. The molecule has 0 aromatic heterocycles. The molecule has 6 nitrogen and oxygen atoms in total. The lowest BCUT2D eigenvalue weighted by atomic mass is 10.1. The van der Waals surface area contributed by atoms with Gasteiger partial charge in [0.15, 0.2) is 0 Å². The van der Waals surface area contributed by atoms with Crippen molar-refractivity contribution in [2.24, 2.45) is 0 Å². The summed E-state index contributed by atoms with van der Waals surface area (Å²) in [6.45, 7) is 10.6. The molecule has 0 fully saturated rings. The Labute approximate surface area is 163 Å². The average Bonchev–Trinajstić information content (AvgIpc) is 2.59. The van der Waals surface area contributed by atoms with E-state index < -0.39 is 11.7 Å². The van der Waals surface area contributed by atoms with Crippen molar-refractivity contribution in [3.8, 4) is 11.5 Å². The third-order valence-corrected chi connectivity index (χ3v) is 3.67. The minimum absolute atomic E-state index is 0.0472. The maximum Gasteiger partial charge on any atom is 0.407 e. The zero-order valence-electron chi connectivity index (χ0n) is 17.3. The molecule has 0 bridgehead atoms. The number of alkyl carbamates (subject to hydrolysis) is 1. The lowest BCUT2D eigenvalue weighted by Crippen LogP contribution is -2.33. The van der Waals surface area contributed by atoms with Crippen LogP contribution in [0.4, 0.5) is 4.79 Å². The Morgan fingerprint density at radius 2 is 2.00 bits per heavy atom. The normalized spacial score (nSPS) is 12.4. The molecule has 0 saturated heterocycles. The van der Waals surface area contributed by atoms with Gasteiger partial charge in [-0.15, -0.1) is 0 Å². The average molecular weight is 382 g/mol. The molecule has 0 saturated carbocycles. The third-order valence-electron chi connectivity index (χ3n) is 3.67. The summed E-state index contributed by atoms with van der Waals surface area (Å²) in [5.74, 6) is 1.54. The van der Waals surface area contributed by atoms with Gasteiger partial charge in [-0.3, -0.25) is 0 Å². The fourth-order valence-corrected chi connectivity index (χ4v) is 2.33. The molecule has 2 N–H and O–H groups in total. The van der Waals surface area contributed by atoms with Gasteiger partial charge in [-0.2, -0.15) is 0 Å². The molecular weight excluding hydrogens is 346 g/mol. The highest BCUT2D eigenvalue weighted by Gasteiger charge is 2.15. The van der Waals surface area contributed by atoms with E-state index in [0.29, 0.717) is 19.6 Å². The van der Waals surface area contributed by atoms with Gasteiger partial charge in [0.05, 0.1) is 13.2 Å². The van der Waals surface area contributed by atoms with Crippen molar-refractivity contribution in [2.45, 2.75) is 72.0 Å². The van der Waals surface area contributed by atoms with E-state index in [1.165, 1.54) is 0 Å². The molecule has 0 unspecified atom stereocenters. The number of hydrogen-bond donors (Lipinski definition) is 2. The van der Waals surface area contributed by atoms with Gasteiger partial charge in [0.25, 0.3) is 0 Å². The lowest BCUT2D eigenvalue weighted by Gasteiger charge is -2.20. The largest absolute Gasteiger partial charge is 0.494 e. The van der Waals surface area contributed by atoms with Crippen LogP contribution in [-0.4, -0.2) is 42.7 Å². The van der Waals surface area contributed by atoms with Crippen LogP contribution in [0.25, 0.3) is 0 Å². The summed E-state index contributed by atoms with van der Waals surface area (Å²) in [4.78, 5) is 11.7. The first-order chi connectivity index (χ1) is 12.7. The highest BCUT2D eigenvalue weighted by atomic mass is 16.6. The zero-order chi connectivity index (χ0) is 20.3. The summed E-state index contributed by atoms with van der Waals surface area (Å²) in [6.07, 6.45) is 2.85. The standard InChI is InChI=1S/C21H35NO5/c1-6-7-13-25-18-10-11-19(26-16(2)15-23)17(14-18)9-8-12-22-20(24)27-21(3,4)5/h10-11,14,16,23H,6-9,12-13,15H2,1-5H3,(H,22,24)/t16-/m1/s1. The van der Waals surface area contributed by atoms with Crippen LogP contribution in [0.15, 0.2) is 18.2 Å². The number of ether oxygens (including phenoxy) is 3. The zero-order valence-corrected chi connectivity index (χ0v) is 17.3. The van der Waals surface area contributed by atoms with Crippen LogP contribution in [0.2, 0.25) is 0 Å². The third kappa shape index (κ3) is 10.1. The fraction of sp³-hybridized carbons (Fsp3) is 0.667. The highest BCUT2D eigenvalue weighted by Crippen LogP contribution is 2.26. The number of hydrogen-bond acceptors (Lipinski definition) is 5. The summed E-state index contributed by atoms with van der Waals surface area (Å²) in [6, 6.07) is 5.74. The molecule has 0 radical (unpaired) electrons. The Morgan fingerprint density at radius 3 is 2.63 bits per heavy atom. The second-order valence-corrected chi connectivity index (χ2v) is 7.61. The predicted octanol–water partition coefficient (Wildman–Crippen LogP) is 4.08. The quantitative estimate of drug-likeness (QED) is 0.565. The van der Waals surface area contributed by atoms with Gasteiger partial charge in [-0.25, -0.2) is 4.79 Å². The van der Waals surface area contributed by atoms with Gasteiger partial charge in [0.2, 0.25) is 0 Å².